The van der Waals surface area contributed by atoms with Gasteiger partial charge in [0.2, 0.25) is 0 Å². The van der Waals surface area contributed by atoms with Gasteiger partial charge in [-0.1, -0.05) is 13.3 Å². The molecule has 0 bridgehead atoms. The Bertz CT molecular complexity index is 139. The molecule has 0 aromatic carbocycles. The minimum Gasteiger partial charge on any atom is -0.387 e. The van der Waals surface area contributed by atoms with Crippen molar-refractivity contribution < 1.29 is 19.7 Å². The lowest BCUT2D eigenvalue weighted by molar-refractivity contribution is -0.149. The fraction of sp³-hybridized carbons (Fsp3) is 1.00. The van der Waals surface area contributed by atoms with E-state index in [4.69, 9.17) is 9.47 Å². The monoisotopic (exact) mass is 176 g/mol. The van der Waals surface area contributed by atoms with Gasteiger partial charge in [0.05, 0.1) is 6.10 Å². The van der Waals surface area contributed by atoms with E-state index in [0.29, 0.717) is 0 Å². The van der Waals surface area contributed by atoms with Gasteiger partial charge in [0.25, 0.3) is 0 Å². The van der Waals surface area contributed by atoms with Crippen molar-refractivity contribution in [2.24, 2.45) is 0 Å². The van der Waals surface area contributed by atoms with Gasteiger partial charge in [-0.2, -0.15) is 0 Å². The Balaban J connectivity index is 2.48. The van der Waals surface area contributed by atoms with Crippen LogP contribution in [0.2, 0.25) is 0 Å². The fourth-order valence-electron chi connectivity index (χ4n) is 1.43. The molecule has 0 radical (unpaired) electrons. The van der Waals surface area contributed by atoms with E-state index in [1.54, 1.807) is 0 Å². The van der Waals surface area contributed by atoms with Gasteiger partial charge in [-0.05, 0) is 6.42 Å². The molecule has 4 heteroatoms. The minimum atomic E-state index is -0.911. The van der Waals surface area contributed by atoms with Crippen molar-refractivity contribution in [3.8, 4) is 0 Å². The Kier molecular flexibility index (Phi) is 3.46. The number of hydrogen-bond acceptors (Lipinski definition) is 4. The van der Waals surface area contributed by atoms with Gasteiger partial charge in [-0.3, -0.25) is 0 Å². The normalized spacial score (nSPS) is 42.0. The van der Waals surface area contributed by atoms with Gasteiger partial charge in [0.15, 0.2) is 6.29 Å². The molecule has 1 aliphatic heterocycles. The molecule has 4 atom stereocenters. The molecule has 1 heterocycles. The summed E-state index contributed by atoms with van der Waals surface area (Å²) in [5.41, 5.74) is 0. The van der Waals surface area contributed by atoms with Crippen molar-refractivity contribution in [3.05, 3.63) is 0 Å². The van der Waals surface area contributed by atoms with Gasteiger partial charge in [0.1, 0.15) is 12.2 Å². The molecule has 2 N–H and O–H groups in total. The van der Waals surface area contributed by atoms with Crippen LogP contribution in [0.5, 0.6) is 0 Å². The Morgan fingerprint density at radius 1 is 1.33 bits per heavy atom. The molecule has 0 amide bonds. The van der Waals surface area contributed by atoms with Crippen LogP contribution in [-0.4, -0.2) is 41.9 Å². The minimum absolute atomic E-state index is 0.282. The Morgan fingerprint density at radius 3 is 2.42 bits per heavy atom. The summed E-state index contributed by atoms with van der Waals surface area (Å²) < 4.78 is 10.1. The summed E-state index contributed by atoms with van der Waals surface area (Å²) in [4.78, 5) is 0. The standard InChI is InChI=1S/C8H16O4/c1-3-4-5-6(9)7(10)8(11-2)12-5/h5-10H,3-4H2,1-2H3/t5?,6-,7-,8?/m0/s1. The lowest BCUT2D eigenvalue weighted by atomic mass is 10.1. The van der Waals surface area contributed by atoms with Crippen LogP contribution in [-0.2, 0) is 9.47 Å². The first-order valence-electron chi connectivity index (χ1n) is 4.25. The number of methoxy groups -OCH3 is 1. The first-order valence-corrected chi connectivity index (χ1v) is 4.25. The Labute approximate surface area is 72.1 Å². The lowest BCUT2D eigenvalue weighted by Gasteiger charge is -2.11. The third-order valence-corrected chi connectivity index (χ3v) is 2.12. The topological polar surface area (TPSA) is 58.9 Å². The van der Waals surface area contributed by atoms with E-state index in [-0.39, 0.29) is 6.10 Å². The fourth-order valence-corrected chi connectivity index (χ4v) is 1.43. The third kappa shape index (κ3) is 1.77. The summed E-state index contributed by atoms with van der Waals surface area (Å²) in [6.45, 7) is 2.00. The average Bonchev–Trinajstić information content (AvgIpc) is 2.33. The van der Waals surface area contributed by atoms with E-state index in [0.717, 1.165) is 12.8 Å². The van der Waals surface area contributed by atoms with Crippen LogP contribution >= 0.6 is 0 Å². The smallest absolute Gasteiger partial charge is 0.186 e. The number of aliphatic hydroxyl groups excluding tert-OH is 2. The van der Waals surface area contributed by atoms with Crippen molar-refractivity contribution in [3.63, 3.8) is 0 Å². The van der Waals surface area contributed by atoms with E-state index in [1.807, 2.05) is 6.92 Å². The molecule has 12 heavy (non-hydrogen) atoms. The number of rotatable bonds is 3. The van der Waals surface area contributed by atoms with E-state index < -0.39 is 18.5 Å². The highest BCUT2D eigenvalue weighted by molar-refractivity contribution is 4.85. The zero-order chi connectivity index (χ0) is 9.14. The molecule has 1 saturated heterocycles. The highest BCUT2D eigenvalue weighted by atomic mass is 16.7. The summed E-state index contributed by atoms with van der Waals surface area (Å²) in [6.07, 6.45) is -1.00. The largest absolute Gasteiger partial charge is 0.387 e. The summed E-state index contributed by atoms with van der Waals surface area (Å²) in [6, 6.07) is 0. The van der Waals surface area contributed by atoms with Gasteiger partial charge >= 0.3 is 0 Å². The molecule has 0 aromatic heterocycles. The predicted octanol–water partition coefficient (Wildman–Crippen LogP) is -0.120. The van der Waals surface area contributed by atoms with Crippen LogP contribution in [0.3, 0.4) is 0 Å². The zero-order valence-electron chi connectivity index (χ0n) is 7.43. The molecule has 1 rings (SSSR count). The van der Waals surface area contributed by atoms with E-state index in [2.05, 4.69) is 0 Å². The molecule has 72 valence electrons. The maximum Gasteiger partial charge on any atom is 0.186 e. The first kappa shape index (κ1) is 9.92. The maximum atomic E-state index is 9.44. The third-order valence-electron chi connectivity index (χ3n) is 2.12. The molecule has 0 aromatic rings. The summed E-state index contributed by atoms with van der Waals surface area (Å²) in [5, 5.41) is 18.8. The molecule has 0 aliphatic carbocycles. The van der Waals surface area contributed by atoms with Crippen molar-refractivity contribution in [2.75, 3.05) is 7.11 Å². The van der Waals surface area contributed by atoms with Crippen molar-refractivity contribution in [1.82, 2.24) is 0 Å². The molecule has 0 saturated carbocycles. The predicted molar refractivity (Wildman–Crippen MR) is 42.6 cm³/mol. The highest BCUT2D eigenvalue weighted by Gasteiger charge is 2.42. The van der Waals surface area contributed by atoms with Crippen molar-refractivity contribution in [1.29, 1.82) is 0 Å². The second-order valence-electron chi connectivity index (χ2n) is 3.05. The molecule has 1 fully saturated rings. The summed E-state index contributed by atoms with van der Waals surface area (Å²) in [7, 11) is 1.45. The van der Waals surface area contributed by atoms with E-state index in [9.17, 15) is 10.2 Å². The quantitative estimate of drug-likeness (QED) is 0.629. The molecular formula is C8H16O4. The lowest BCUT2D eigenvalue weighted by Crippen LogP contribution is -2.33. The van der Waals surface area contributed by atoms with Crippen LogP contribution in [0.1, 0.15) is 19.8 Å². The second kappa shape index (κ2) is 4.18. The summed E-state index contributed by atoms with van der Waals surface area (Å²) >= 11 is 0. The second-order valence-corrected chi connectivity index (χ2v) is 3.05. The van der Waals surface area contributed by atoms with Gasteiger partial charge in [-0.15, -0.1) is 0 Å². The number of hydrogen-bond donors (Lipinski definition) is 2. The molecule has 4 nitrogen and oxygen atoms in total. The van der Waals surface area contributed by atoms with Crippen LogP contribution in [0, 0.1) is 0 Å². The highest BCUT2D eigenvalue weighted by Crippen LogP contribution is 2.24. The van der Waals surface area contributed by atoms with Crippen molar-refractivity contribution >= 4 is 0 Å². The molecule has 2 unspecified atom stereocenters. The van der Waals surface area contributed by atoms with Crippen molar-refractivity contribution in [2.45, 2.75) is 44.4 Å². The van der Waals surface area contributed by atoms with Crippen LogP contribution < -0.4 is 0 Å². The summed E-state index contributed by atoms with van der Waals surface area (Å²) in [5.74, 6) is 0. The SMILES string of the molecule is CCCC1OC(OC)[C@@H](O)[C@H]1O. The number of aliphatic hydroxyl groups is 2. The van der Waals surface area contributed by atoms with E-state index >= 15 is 0 Å². The van der Waals surface area contributed by atoms with E-state index in [1.165, 1.54) is 7.11 Å². The van der Waals surface area contributed by atoms with Crippen LogP contribution in [0.15, 0.2) is 0 Å². The van der Waals surface area contributed by atoms with Crippen LogP contribution in [0.4, 0.5) is 0 Å². The van der Waals surface area contributed by atoms with Gasteiger partial charge < -0.3 is 19.7 Å². The molecular weight excluding hydrogens is 160 g/mol. The first-order chi connectivity index (χ1) is 5.70. The van der Waals surface area contributed by atoms with Gasteiger partial charge in [-0.25, -0.2) is 0 Å². The number of ether oxygens (including phenoxy) is 2. The molecule has 1 aliphatic rings. The molecule has 0 spiro atoms. The zero-order valence-corrected chi connectivity index (χ0v) is 7.43. The van der Waals surface area contributed by atoms with Crippen LogP contribution in [0.25, 0.3) is 0 Å². The van der Waals surface area contributed by atoms with Gasteiger partial charge in [0, 0.05) is 7.11 Å². The Morgan fingerprint density at radius 2 is 2.00 bits per heavy atom. The maximum absolute atomic E-state index is 9.44. The Hall–Kier alpha value is -0.160. The average molecular weight is 176 g/mol.